The Hall–Kier alpha value is -0.820. The van der Waals surface area contributed by atoms with Gasteiger partial charge >= 0.3 is 6.03 Å². The van der Waals surface area contributed by atoms with Gasteiger partial charge in [0.05, 0.1) is 6.26 Å². The lowest BCUT2D eigenvalue weighted by atomic mass is 10.00. The number of rotatable bonds is 3. The molecule has 6 nitrogen and oxygen atoms in total. The molecule has 3 aliphatic rings. The fraction of sp³-hybridized carbons (Fsp3) is 0.929. The molecule has 2 bridgehead atoms. The Morgan fingerprint density at radius 2 is 1.48 bits per heavy atom. The average Bonchev–Trinajstić information content (AvgIpc) is 2.95. The summed E-state index contributed by atoms with van der Waals surface area (Å²) in [4.78, 5) is 12.0. The summed E-state index contributed by atoms with van der Waals surface area (Å²) in [6.45, 7) is 0. The molecule has 0 radical (unpaired) electrons. The van der Waals surface area contributed by atoms with Gasteiger partial charge < -0.3 is 10.6 Å². The first kappa shape index (κ1) is 15.1. The van der Waals surface area contributed by atoms with Crippen LogP contribution >= 0.6 is 0 Å². The van der Waals surface area contributed by atoms with Gasteiger partial charge in [-0.3, -0.25) is 0 Å². The van der Waals surface area contributed by atoms with Crippen LogP contribution in [0.25, 0.3) is 0 Å². The largest absolute Gasteiger partial charge is 0.335 e. The zero-order valence-electron chi connectivity index (χ0n) is 12.5. The molecule has 0 aromatic heterocycles. The van der Waals surface area contributed by atoms with Crippen LogP contribution in [0.2, 0.25) is 0 Å². The second kappa shape index (κ2) is 5.76. The molecule has 0 spiro atoms. The second-order valence-corrected chi connectivity index (χ2v) is 8.63. The summed E-state index contributed by atoms with van der Waals surface area (Å²) in [5.41, 5.74) is 0. The highest BCUT2D eigenvalue weighted by atomic mass is 32.2. The Bertz CT molecular complexity index is 488. The molecule has 0 aromatic rings. The van der Waals surface area contributed by atoms with Crippen LogP contribution in [0.1, 0.15) is 51.4 Å². The minimum Gasteiger partial charge on any atom is -0.335 e. The smallest absolute Gasteiger partial charge is 0.315 e. The molecule has 2 saturated heterocycles. The summed E-state index contributed by atoms with van der Waals surface area (Å²) in [6, 6.07) is 0.463. The van der Waals surface area contributed by atoms with E-state index in [-0.39, 0.29) is 24.2 Å². The maximum absolute atomic E-state index is 12.0. The fourth-order valence-corrected chi connectivity index (χ4v) is 5.74. The second-order valence-electron chi connectivity index (χ2n) is 6.75. The molecular weight excluding hydrogens is 290 g/mol. The zero-order chi connectivity index (χ0) is 15.0. The van der Waals surface area contributed by atoms with Gasteiger partial charge in [-0.25, -0.2) is 13.2 Å². The summed E-state index contributed by atoms with van der Waals surface area (Å²) < 4.78 is 25.3. The van der Waals surface area contributed by atoms with Crippen LogP contribution in [0.3, 0.4) is 0 Å². The lowest BCUT2D eigenvalue weighted by Gasteiger charge is -2.37. The Balaban J connectivity index is 1.54. The van der Waals surface area contributed by atoms with Crippen molar-refractivity contribution in [3.05, 3.63) is 0 Å². The van der Waals surface area contributed by atoms with Crippen LogP contribution in [0, 0.1) is 0 Å². The van der Waals surface area contributed by atoms with Gasteiger partial charge in [-0.15, -0.1) is 0 Å². The number of fused-ring (bicyclic) bond motifs is 2. The quantitative estimate of drug-likeness (QED) is 0.821. The molecule has 3 rings (SSSR count). The van der Waals surface area contributed by atoms with E-state index in [0.717, 1.165) is 38.5 Å². The van der Waals surface area contributed by atoms with E-state index < -0.39 is 10.0 Å². The van der Waals surface area contributed by atoms with Crippen LogP contribution in [-0.2, 0) is 10.0 Å². The minimum atomic E-state index is -3.13. The Labute approximate surface area is 126 Å². The van der Waals surface area contributed by atoms with E-state index in [2.05, 4.69) is 10.6 Å². The third kappa shape index (κ3) is 3.34. The molecule has 2 heterocycles. The highest BCUT2D eigenvalue weighted by molar-refractivity contribution is 7.88. The van der Waals surface area contributed by atoms with Gasteiger partial charge in [0.2, 0.25) is 10.0 Å². The van der Waals surface area contributed by atoms with Crippen LogP contribution in [-0.4, -0.2) is 49.2 Å². The first-order valence-electron chi connectivity index (χ1n) is 7.99. The maximum atomic E-state index is 12.0. The van der Waals surface area contributed by atoms with Crippen molar-refractivity contribution in [1.82, 2.24) is 14.9 Å². The molecule has 7 heteroatoms. The predicted octanol–water partition coefficient (Wildman–Crippen LogP) is 1.18. The van der Waals surface area contributed by atoms with E-state index in [9.17, 15) is 13.2 Å². The molecule has 2 N–H and O–H groups in total. The molecule has 1 saturated carbocycles. The van der Waals surface area contributed by atoms with Crippen molar-refractivity contribution in [2.75, 3.05) is 6.26 Å². The summed E-state index contributed by atoms with van der Waals surface area (Å²) in [7, 11) is -3.13. The SMILES string of the molecule is CS(=O)(=O)N1C2CCC1CC(NC(=O)NC1CCCC1)C2. The number of nitrogens with zero attached hydrogens (tertiary/aromatic N) is 1. The van der Waals surface area contributed by atoms with E-state index in [0.29, 0.717) is 6.04 Å². The standard InChI is InChI=1S/C14H25N3O3S/c1-21(19,20)17-12-6-7-13(17)9-11(8-12)16-14(18)15-10-4-2-3-5-10/h10-13H,2-9H2,1H3,(H2,15,16,18). The van der Waals surface area contributed by atoms with Gasteiger partial charge in [-0.05, 0) is 38.5 Å². The van der Waals surface area contributed by atoms with E-state index in [1.807, 2.05) is 0 Å². The van der Waals surface area contributed by atoms with E-state index >= 15 is 0 Å². The van der Waals surface area contributed by atoms with Gasteiger partial charge in [0.1, 0.15) is 0 Å². The van der Waals surface area contributed by atoms with Crippen molar-refractivity contribution in [2.24, 2.45) is 0 Å². The molecule has 120 valence electrons. The Morgan fingerprint density at radius 3 is 2.00 bits per heavy atom. The molecule has 21 heavy (non-hydrogen) atoms. The first-order chi connectivity index (χ1) is 9.93. The van der Waals surface area contributed by atoms with Crippen molar-refractivity contribution in [1.29, 1.82) is 0 Å². The molecule has 2 unspecified atom stereocenters. The molecular formula is C14H25N3O3S. The topological polar surface area (TPSA) is 78.5 Å². The van der Waals surface area contributed by atoms with E-state index in [4.69, 9.17) is 0 Å². The summed E-state index contributed by atoms with van der Waals surface area (Å²) in [5.74, 6) is 0. The van der Waals surface area contributed by atoms with Gasteiger partial charge in [0.25, 0.3) is 0 Å². The predicted molar refractivity (Wildman–Crippen MR) is 80.4 cm³/mol. The zero-order valence-corrected chi connectivity index (χ0v) is 13.4. The van der Waals surface area contributed by atoms with Crippen molar-refractivity contribution >= 4 is 16.1 Å². The summed E-state index contributed by atoms with van der Waals surface area (Å²) in [6.07, 6.45) is 9.14. The molecule has 0 aromatic carbocycles. The van der Waals surface area contributed by atoms with Gasteiger partial charge in [0.15, 0.2) is 0 Å². The van der Waals surface area contributed by atoms with Crippen LogP contribution in [0.15, 0.2) is 0 Å². The number of urea groups is 1. The lowest BCUT2D eigenvalue weighted by Crippen LogP contribution is -2.54. The first-order valence-corrected chi connectivity index (χ1v) is 9.84. The molecule has 3 fully saturated rings. The summed E-state index contributed by atoms with van der Waals surface area (Å²) in [5, 5.41) is 6.08. The van der Waals surface area contributed by atoms with Crippen LogP contribution in [0.4, 0.5) is 4.79 Å². The number of nitrogens with one attached hydrogen (secondary N) is 2. The number of hydrogen-bond acceptors (Lipinski definition) is 3. The van der Waals surface area contributed by atoms with Crippen LogP contribution in [0.5, 0.6) is 0 Å². The highest BCUT2D eigenvalue weighted by Crippen LogP contribution is 2.37. The number of sulfonamides is 1. The average molecular weight is 315 g/mol. The normalized spacial score (nSPS) is 34.0. The van der Waals surface area contributed by atoms with Crippen molar-refractivity contribution in [2.45, 2.75) is 75.5 Å². The van der Waals surface area contributed by atoms with Crippen LogP contribution < -0.4 is 10.6 Å². The number of hydrogen-bond donors (Lipinski definition) is 2. The fourth-order valence-electron chi connectivity index (χ4n) is 4.28. The summed E-state index contributed by atoms with van der Waals surface area (Å²) >= 11 is 0. The van der Waals surface area contributed by atoms with E-state index in [1.165, 1.54) is 19.1 Å². The van der Waals surface area contributed by atoms with Crippen molar-refractivity contribution in [3.8, 4) is 0 Å². The van der Waals surface area contributed by atoms with E-state index in [1.54, 1.807) is 4.31 Å². The lowest BCUT2D eigenvalue weighted by molar-refractivity contribution is 0.197. The minimum absolute atomic E-state index is 0.0653. The van der Waals surface area contributed by atoms with Crippen molar-refractivity contribution in [3.63, 3.8) is 0 Å². The third-order valence-corrected chi connectivity index (χ3v) is 6.44. The number of carbonyl (C=O) groups is 1. The van der Waals surface area contributed by atoms with Gasteiger partial charge in [-0.2, -0.15) is 4.31 Å². The molecule has 2 amide bonds. The monoisotopic (exact) mass is 315 g/mol. The number of amides is 2. The molecule has 1 aliphatic carbocycles. The highest BCUT2D eigenvalue weighted by Gasteiger charge is 2.45. The number of piperidine rings is 1. The Morgan fingerprint density at radius 1 is 0.952 bits per heavy atom. The van der Waals surface area contributed by atoms with Gasteiger partial charge in [0, 0.05) is 24.2 Å². The molecule has 2 atom stereocenters. The molecule has 2 aliphatic heterocycles. The van der Waals surface area contributed by atoms with Gasteiger partial charge in [-0.1, -0.05) is 12.8 Å². The third-order valence-electron chi connectivity index (χ3n) is 5.07. The van der Waals surface area contributed by atoms with Crippen molar-refractivity contribution < 1.29 is 13.2 Å². The number of carbonyl (C=O) groups excluding carboxylic acids is 1. The maximum Gasteiger partial charge on any atom is 0.315 e. The Kier molecular flexibility index (Phi) is 4.14.